The number of hydrogen-bond donors (Lipinski definition) is 7. The Morgan fingerprint density at radius 1 is 0.507 bits per heavy atom. The van der Waals surface area contributed by atoms with Crippen molar-refractivity contribution in [1.82, 2.24) is 0 Å². The van der Waals surface area contributed by atoms with E-state index in [1.807, 2.05) is 0 Å². The van der Waals surface area contributed by atoms with Crippen LogP contribution in [0.1, 0.15) is 155 Å². The van der Waals surface area contributed by atoms with Gasteiger partial charge in [-0.05, 0) is 77.0 Å². The third kappa shape index (κ3) is 28.0. The minimum Gasteiger partial charge on any atom is -0.457 e. The van der Waals surface area contributed by atoms with Crippen molar-refractivity contribution in [2.45, 2.75) is 223 Å². The molecule has 386 valence electrons. The molecule has 2 heterocycles. The topological polar surface area (TPSA) is 214 Å². The Labute approximate surface area is 402 Å². The van der Waals surface area contributed by atoms with Gasteiger partial charge in [-0.15, -0.1) is 0 Å². The minimum absolute atomic E-state index is 0.0183. The molecule has 2 fully saturated rings. The molecule has 0 aliphatic carbocycles. The van der Waals surface area contributed by atoms with Crippen molar-refractivity contribution in [3.05, 3.63) is 72.9 Å². The summed E-state index contributed by atoms with van der Waals surface area (Å²) >= 11 is 0. The molecule has 14 nitrogen and oxygen atoms in total. The first-order valence-electron chi connectivity index (χ1n) is 25.5. The van der Waals surface area contributed by atoms with Gasteiger partial charge in [0.1, 0.15) is 54.9 Å². The van der Waals surface area contributed by atoms with Crippen LogP contribution in [0, 0.1) is 0 Å². The zero-order valence-corrected chi connectivity index (χ0v) is 40.9. The van der Waals surface area contributed by atoms with Crippen LogP contribution in [-0.4, -0.2) is 142 Å². The van der Waals surface area contributed by atoms with Gasteiger partial charge >= 0.3 is 5.97 Å². The molecule has 2 aliphatic heterocycles. The fraction of sp³-hybridized carbons (Fsp3) is 0.755. The maximum atomic E-state index is 13.0. The van der Waals surface area contributed by atoms with Crippen LogP contribution in [0.3, 0.4) is 0 Å². The van der Waals surface area contributed by atoms with Crippen molar-refractivity contribution >= 4 is 5.97 Å². The van der Waals surface area contributed by atoms with Crippen molar-refractivity contribution in [3.8, 4) is 0 Å². The zero-order chi connectivity index (χ0) is 48.7. The molecule has 14 heteroatoms. The second kappa shape index (κ2) is 40.2. The lowest BCUT2D eigenvalue weighted by molar-refractivity contribution is -0.332. The number of rotatable bonds is 39. The van der Waals surface area contributed by atoms with Crippen molar-refractivity contribution in [1.29, 1.82) is 0 Å². The molecule has 11 unspecified atom stereocenters. The van der Waals surface area contributed by atoms with E-state index in [-0.39, 0.29) is 19.6 Å². The van der Waals surface area contributed by atoms with E-state index < -0.39 is 86.7 Å². The maximum absolute atomic E-state index is 13.0. The van der Waals surface area contributed by atoms with Gasteiger partial charge in [-0.25, -0.2) is 0 Å². The number of esters is 1. The van der Waals surface area contributed by atoms with Gasteiger partial charge in [-0.3, -0.25) is 4.79 Å². The third-order valence-electron chi connectivity index (χ3n) is 11.7. The number of carbonyl (C=O) groups excluding carboxylic acids is 1. The number of aliphatic hydroxyl groups is 7. The van der Waals surface area contributed by atoms with Gasteiger partial charge in [0, 0.05) is 13.0 Å². The van der Waals surface area contributed by atoms with Crippen molar-refractivity contribution < 1.29 is 69.0 Å². The summed E-state index contributed by atoms with van der Waals surface area (Å²) in [7, 11) is 0. The molecule has 0 aromatic heterocycles. The number of unbranched alkanes of at least 4 members (excludes halogenated alkanes) is 13. The first kappa shape index (κ1) is 60.6. The van der Waals surface area contributed by atoms with Crippen molar-refractivity contribution in [2.24, 2.45) is 0 Å². The third-order valence-corrected chi connectivity index (χ3v) is 11.7. The first-order chi connectivity index (χ1) is 32.6. The fourth-order valence-corrected chi connectivity index (χ4v) is 7.55. The standard InChI is InChI=1S/C53H90O14/c1-3-5-7-9-11-13-15-17-19-20-21-22-23-24-26-28-30-32-34-36-45(55)65-42(39-62-37-35-33-31-29-27-25-18-16-14-12-10-8-6-4-2)40-63-52-51(61)49(59)47(57)44(67-52)41-64-53-50(60)48(58)46(56)43(38-54)66-53/h6,8,11-14,17-19,25,29,31,42-44,46-54,56-61H,3-5,7,9-10,15-16,20-24,26-28,30,32-41H2,1-2H3/b8-6-,13-11-,14-12-,19-17-,25-18-,31-29-. The number of ether oxygens (including phenoxy) is 6. The number of aliphatic hydroxyl groups excluding tert-OH is 7. The van der Waals surface area contributed by atoms with E-state index in [1.165, 1.54) is 57.8 Å². The Bertz CT molecular complexity index is 1380. The van der Waals surface area contributed by atoms with Crippen LogP contribution in [0.5, 0.6) is 0 Å². The highest BCUT2D eigenvalue weighted by atomic mass is 16.7. The van der Waals surface area contributed by atoms with Gasteiger partial charge < -0.3 is 64.2 Å². The lowest BCUT2D eigenvalue weighted by Gasteiger charge is -2.42. The Balaban J connectivity index is 1.79. The second-order valence-electron chi connectivity index (χ2n) is 17.6. The SMILES string of the molecule is CC/C=C\C/C=C\C/C=C\C/C=C\CCCOCC(COC1OC(COC2OC(CO)C(O)C(O)C2O)C(O)C(O)C1O)OC(=O)CCCCCCCCCCC/C=C\C/C=C\CCCCC. The molecule has 2 aliphatic rings. The molecule has 0 spiro atoms. The number of allylic oxidation sites excluding steroid dienone is 12. The first-order valence-corrected chi connectivity index (χ1v) is 25.5. The molecule has 0 bridgehead atoms. The van der Waals surface area contributed by atoms with E-state index in [1.54, 1.807) is 0 Å². The second-order valence-corrected chi connectivity index (χ2v) is 17.6. The van der Waals surface area contributed by atoms with Crippen molar-refractivity contribution in [2.75, 3.05) is 33.0 Å². The minimum atomic E-state index is -1.72. The Kier molecular flexibility index (Phi) is 36.3. The molecule has 0 radical (unpaired) electrons. The largest absolute Gasteiger partial charge is 0.457 e. The lowest BCUT2D eigenvalue weighted by atomic mass is 9.98. The smallest absolute Gasteiger partial charge is 0.306 e. The molecule has 0 amide bonds. The molecule has 0 aromatic rings. The van der Waals surface area contributed by atoms with Gasteiger partial charge in [0.2, 0.25) is 0 Å². The van der Waals surface area contributed by atoms with Crippen LogP contribution in [0.4, 0.5) is 0 Å². The Morgan fingerprint density at radius 2 is 0.970 bits per heavy atom. The van der Waals surface area contributed by atoms with E-state index in [2.05, 4.69) is 86.8 Å². The molecule has 7 N–H and O–H groups in total. The summed E-state index contributed by atoms with van der Waals surface area (Å²) in [6.07, 6.45) is 32.6. The van der Waals surface area contributed by atoms with E-state index in [0.717, 1.165) is 70.6 Å². The highest BCUT2D eigenvalue weighted by Gasteiger charge is 2.47. The monoisotopic (exact) mass is 951 g/mol. The maximum Gasteiger partial charge on any atom is 0.306 e. The quantitative estimate of drug-likeness (QED) is 0.0181. The Hall–Kier alpha value is -2.57. The van der Waals surface area contributed by atoms with Crippen LogP contribution >= 0.6 is 0 Å². The zero-order valence-electron chi connectivity index (χ0n) is 40.9. The molecular formula is C53H90O14. The summed E-state index contributed by atoms with van der Waals surface area (Å²) in [4.78, 5) is 13.0. The normalized spacial score (nSPS) is 26.7. The highest BCUT2D eigenvalue weighted by Crippen LogP contribution is 2.26. The predicted molar refractivity (Wildman–Crippen MR) is 261 cm³/mol. The summed E-state index contributed by atoms with van der Waals surface area (Å²) in [6, 6.07) is 0. The molecule has 2 rings (SSSR count). The molecule has 11 atom stereocenters. The molecule has 67 heavy (non-hydrogen) atoms. The summed E-state index contributed by atoms with van der Waals surface area (Å²) in [5.41, 5.74) is 0. The van der Waals surface area contributed by atoms with E-state index in [0.29, 0.717) is 13.0 Å². The summed E-state index contributed by atoms with van der Waals surface area (Å²) in [5, 5.41) is 72.1. The number of carbonyl (C=O) groups is 1. The van der Waals surface area contributed by atoms with Crippen molar-refractivity contribution in [3.63, 3.8) is 0 Å². The van der Waals surface area contributed by atoms with Gasteiger partial charge in [-0.1, -0.05) is 145 Å². The molecule has 0 aromatic carbocycles. The Morgan fingerprint density at radius 3 is 1.52 bits per heavy atom. The molecule has 0 saturated carbocycles. The van der Waals surface area contributed by atoms with Crippen LogP contribution in [0.25, 0.3) is 0 Å². The summed E-state index contributed by atoms with van der Waals surface area (Å²) in [6.45, 7) is 3.37. The molecule has 2 saturated heterocycles. The van der Waals surface area contributed by atoms with Crippen LogP contribution in [-0.2, 0) is 33.2 Å². The average Bonchev–Trinajstić information content (AvgIpc) is 3.32. The van der Waals surface area contributed by atoms with E-state index >= 15 is 0 Å². The van der Waals surface area contributed by atoms with E-state index in [4.69, 9.17) is 28.4 Å². The summed E-state index contributed by atoms with van der Waals surface area (Å²) < 4.78 is 34.2. The van der Waals surface area contributed by atoms with Gasteiger partial charge in [-0.2, -0.15) is 0 Å². The van der Waals surface area contributed by atoms with E-state index in [9.17, 15) is 40.5 Å². The van der Waals surface area contributed by atoms with Gasteiger partial charge in [0.25, 0.3) is 0 Å². The summed E-state index contributed by atoms with van der Waals surface area (Å²) in [5.74, 6) is -0.402. The number of hydrogen-bond acceptors (Lipinski definition) is 14. The fourth-order valence-electron chi connectivity index (χ4n) is 7.55. The van der Waals surface area contributed by atoms with Crippen LogP contribution in [0.2, 0.25) is 0 Å². The molecular weight excluding hydrogens is 861 g/mol. The van der Waals surface area contributed by atoms with Crippen LogP contribution < -0.4 is 0 Å². The lowest BCUT2D eigenvalue weighted by Crippen LogP contribution is -2.61. The van der Waals surface area contributed by atoms with Crippen LogP contribution in [0.15, 0.2) is 72.9 Å². The van der Waals surface area contributed by atoms with Gasteiger partial charge in [0.15, 0.2) is 12.6 Å². The average molecular weight is 951 g/mol. The highest BCUT2D eigenvalue weighted by molar-refractivity contribution is 5.69. The van der Waals surface area contributed by atoms with Gasteiger partial charge in [0.05, 0.1) is 26.4 Å². The predicted octanol–water partition coefficient (Wildman–Crippen LogP) is 7.51.